The Morgan fingerprint density at radius 3 is 2.38 bits per heavy atom. The Kier molecular flexibility index (Phi) is 3.52. The van der Waals surface area contributed by atoms with E-state index < -0.39 is 0 Å². The number of hydrogen-bond donors (Lipinski definition) is 1. The van der Waals surface area contributed by atoms with Gasteiger partial charge >= 0.3 is 0 Å². The Balaban J connectivity index is 4.04. The molecule has 0 aromatic rings. The smallest absolute Gasteiger partial charge is 0.132 e. The third-order valence-electron chi connectivity index (χ3n) is 0.739. The van der Waals surface area contributed by atoms with Gasteiger partial charge in [-0.25, -0.2) is 0 Å². The van der Waals surface area contributed by atoms with Gasteiger partial charge in [-0.15, -0.1) is 0 Å². The van der Waals surface area contributed by atoms with Crippen molar-refractivity contribution in [3.05, 3.63) is 10.6 Å². The normalized spacial score (nSPS) is 14.4. The molecule has 0 aliphatic carbocycles. The summed E-state index contributed by atoms with van der Waals surface area (Å²) in [4.78, 5) is 3.74. The van der Waals surface area contributed by atoms with Crippen LogP contribution in [0.25, 0.3) is 0 Å². The van der Waals surface area contributed by atoms with Gasteiger partial charge in [0.15, 0.2) is 0 Å². The van der Waals surface area contributed by atoms with Crippen LogP contribution in [0.5, 0.6) is 0 Å². The lowest BCUT2D eigenvalue weighted by Gasteiger charge is -1.91. The van der Waals surface area contributed by atoms with Crippen molar-refractivity contribution < 1.29 is 0 Å². The molecule has 0 bridgehead atoms. The second-order valence-corrected chi connectivity index (χ2v) is 2.10. The molecule has 0 saturated heterocycles. The van der Waals surface area contributed by atoms with Crippen molar-refractivity contribution in [3.63, 3.8) is 0 Å². The minimum absolute atomic E-state index is 0.535. The van der Waals surface area contributed by atoms with Crippen molar-refractivity contribution >= 4 is 21.8 Å². The van der Waals surface area contributed by atoms with Crippen LogP contribution < -0.4 is 5.73 Å². The van der Waals surface area contributed by atoms with E-state index in [0.29, 0.717) is 5.84 Å². The lowest BCUT2D eigenvalue weighted by atomic mass is 10.5. The van der Waals surface area contributed by atoms with E-state index in [9.17, 15) is 0 Å². The molecular formula is C5H9BrN2. The van der Waals surface area contributed by atoms with Crippen molar-refractivity contribution in [1.82, 2.24) is 0 Å². The van der Waals surface area contributed by atoms with Crippen LogP contribution in [-0.2, 0) is 0 Å². The minimum Gasteiger partial charge on any atom is -0.383 e. The number of allylic oxidation sites excluding steroid dienone is 1. The molecule has 0 rings (SSSR count). The number of hydrogen-bond acceptors (Lipinski definition) is 1. The maximum atomic E-state index is 5.36. The van der Waals surface area contributed by atoms with Crippen molar-refractivity contribution in [2.24, 2.45) is 10.7 Å². The van der Waals surface area contributed by atoms with Crippen LogP contribution in [0, 0.1) is 0 Å². The van der Waals surface area contributed by atoms with E-state index in [0.717, 1.165) is 4.48 Å². The first-order chi connectivity index (χ1) is 3.72. The van der Waals surface area contributed by atoms with Gasteiger partial charge in [0, 0.05) is 7.05 Å². The molecule has 0 radical (unpaired) electrons. The summed E-state index contributed by atoms with van der Waals surface area (Å²) >= 11 is 3.21. The maximum Gasteiger partial charge on any atom is 0.132 e. The molecule has 0 fully saturated rings. The Labute approximate surface area is 57.6 Å². The second-order valence-electron chi connectivity index (χ2n) is 1.25. The average Bonchev–Trinajstić information content (AvgIpc) is 1.84. The van der Waals surface area contributed by atoms with Gasteiger partial charge in [0.25, 0.3) is 0 Å². The quantitative estimate of drug-likeness (QED) is 0.475. The number of aliphatic imine (C=N–C) groups is 1. The summed E-state index contributed by atoms with van der Waals surface area (Å²) in [6.07, 6.45) is 1.85. The molecule has 2 N–H and O–H groups in total. The van der Waals surface area contributed by atoms with Crippen LogP contribution in [0.4, 0.5) is 0 Å². The van der Waals surface area contributed by atoms with E-state index in [-0.39, 0.29) is 0 Å². The highest BCUT2D eigenvalue weighted by molar-refractivity contribution is 9.12. The first-order valence-corrected chi connectivity index (χ1v) is 3.06. The molecule has 46 valence electrons. The molecule has 0 unspecified atom stereocenters. The summed E-state index contributed by atoms with van der Waals surface area (Å²) in [5.41, 5.74) is 5.36. The highest BCUT2D eigenvalue weighted by Crippen LogP contribution is 2.02. The van der Waals surface area contributed by atoms with Crippen molar-refractivity contribution in [2.75, 3.05) is 7.05 Å². The lowest BCUT2D eigenvalue weighted by Crippen LogP contribution is -2.10. The summed E-state index contributed by atoms with van der Waals surface area (Å²) in [5, 5.41) is 0. The zero-order chi connectivity index (χ0) is 6.57. The lowest BCUT2D eigenvalue weighted by molar-refractivity contribution is 1.41. The highest BCUT2D eigenvalue weighted by atomic mass is 79.9. The van der Waals surface area contributed by atoms with E-state index in [4.69, 9.17) is 5.73 Å². The minimum atomic E-state index is 0.535. The molecule has 0 saturated carbocycles. The predicted molar refractivity (Wildman–Crippen MR) is 40.2 cm³/mol. The van der Waals surface area contributed by atoms with E-state index in [1.54, 1.807) is 7.05 Å². The molecule has 0 aliphatic heterocycles. The van der Waals surface area contributed by atoms with Crippen LogP contribution >= 0.6 is 15.9 Å². The van der Waals surface area contributed by atoms with Crippen molar-refractivity contribution in [3.8, 4) is 0 Å². The molecule has 2 nitrogen and oxygen atoms in total. The Morgan fingerprint density at radius 2 is 2.25 bits per heavy atom. The van der Waals surface area contributed by atoms with Crippen LogP contribution in [0.3, 0.4) is 0 Å². The van der Waals surface area contributed by atoms with Gasteiger partial charge in [-0.3, -0.25) is 4.99 Å². The number of nitrogens with two attached hydrogens (primary N) is 1. The predicted octanol–water partition coefficient (Wildman–Crippen LogP) is 1.27. The average molecular weight is 177 g/mol. The Bertz CT molecular complexity index is 110. The SMILES string of the molecule is C/C=C(/Br)C(N)=NC. The van der Waals surface area contributed by atoms with E-state index in [1.807, 2.05) is 13.0 Å². The fourth-order valence-electron chi connectivity index (χ4n) is 0.255. The first kappa shape index (κ1) is 7.69. The monoisotopic (exact) mass is 176 g/mol. The third-order valence-corrected chi connectivity index (χ3v) is 1.60. The van der Waals surface area contributed by atoms with Gasteiger partial charge in [0.05, 0.1) is 4.48 Å². The van der Waals surface area contributed by atoms with Crippen LogP contribution in [0.15, 0.2) is 15.6 Å². The summed E-state index contributed by atoms with van der Waals surface area (Å²) in [5.74, 6) is 0.535. The zero-order valence-electron chi connectivity index (χ0n) is 4.98. The second kappa shape index (κ2) is 3.66. The van der Waals surface area contributed by atoms with Crippen LogP contribution in [0.1, 0.15) is 6.92 Å². The van der Waals surface area contributed by atoms with Gasteiger partial charge in [0.2, 0.25) is 0 Å². The molecule has 0 aromatic heterocycles. The molecule has 0 atom stereocenters. The molecule has 0 aliphatic rings. The number of nitrogens with zero attached hydrogens (tertiary/aromatic N) is 1. The van der Waals surface area contributed by atoms with Crippen molar-refractivity contribution in [1.29, 1.82) is 0 Å². The van der Waals surface area contributed by atoms with Gasteiger partial charge in [-0.1, -0.05) is 6.08 Å². The topological polar surface area (TPSA) is 38.4 Å². The summed E-state index contributed by atoms with van der Waals surface area (Å²) in [7, 11) is 1.65. The molecule has 3 heteroatoms. The Morgan fingerprint density at radius 1 is 1.75 bits per heavy atom. The number of halogens is 1. The summed E-state index contributed by atoms with van der Waals surface area (Å²) in [6.45, 7) is 1.89. The molecule has 0 amide bonds. The van der Waals surface area contributed by atoms with E-state index in [2.05, 4.69) is 20.9 Å². The molecule has 0 aromatic carbocycles. The largest absolute Gasteiger partial charge is 0.383 e. The standard InChI is InChI=1S/C5H9BrN2/c1-3-4(6)5(7)8-2/h3H,1-2H3,(H2,7,8)/b4-3+. The fourth-order valence-corrected chi connectivity index (χ4v) is 0.432. The molecule has 0 spiro atoms. The third kappa shape index (κ3) is 2.12. The molecular weight excluding hydrogens is 168 g/mol. The molecule has 8 heavy (non-hydrogen) atoms. The highest BCUT2D eigenvalue weighted by Gasteiger charge is 1.90. The van der Waals surface area contributed by atoms with Gasteiger partial charge in [-0.2, -0.15) is 0 Å². The first-order valence-electron chi connectivity index (χ1n) is 2.26. The summed E-state index contributed by atoms with van der Waals surface area (Å²) < 4.78 is 0.847. The number of rotatable bonds is 1. The van der Waals surface area contributed by atoms with Crippen LogP contribution in [-0.4, -0.2) is 12.9 Å². The van der Waals surface area contributed by atoms with Gasteiger partial charge in [0.1, 0.15) is 5.84 Å². The van der Waals surface area contributed by atoms with E-state index in [1.165, 1.54) is 0 Å². The molecule has 0 heterocycles. The van der Waals surface area contributed by atoms with Gasteiger partial charge in [-0.05, 0) is 22.9 Å². The maximum absolute atomic E-state index is 5.36. The Hall–Kier alpha value is -0.310. The van der Waals surface area contributed by atoms with Crippen molar-refractivity contribution in [2.45, 2.75) is 6.92 Å². The number of amidine groups is 1. The van der Waals surface area contributed by atoms with Crippen LogP contribution in [0.2, 0.25) is 0 Å². The fraction of sp³-hybridized carbons (Fsp3) is 0.400. The zero-order valence-corrected chi connectivity index (χ0v) is 6.57. The van der Waals surface area contributed by atoms with Gasteiger partial charge < -0.3 is 5.73 Å². The van der Waals surface area contributed by atoms with E-state index >= 15 is 0 Å². The summed E-state index contributed by atoms with van der Waals surface area (Å²) in [6, 6.07) is 0.